The van der Waals surface area contributed by atoms with Crippen LogP contribution in [0.25, 0.3) is 0 Å². The molecule has 0 aliphatic carbocycles. The second-order valence-corrected chi connectivity index (χ2v) is 9.92. The number of aromatic nitrogens is 2. The van der Waals surface area contributed by atoms with Gasteiger partial charge in [-0.3, -0.25) is 0 Å². The fourth-order valence-electron chi connectivity index (χ4n) is 4.17. The van der Waals surface area contributed by atoms with E-state index in [1.54, 1.807) is 22.1 Å². The molecule has 152 valence electrons. The van der Waals surface area contributed by atoms with Crippen LogP contribution in [-0.2, 0) is 21.8 Å². The molecule has 0 spiro atoms. The van der Waals surface area contributed by atoms with Crippen LogP contribution >= 0.6 is 11.6 Å². The lowest BCUT2D eigenvalue weighted by atomic mass is 9.84. The molecular formula is C19H25ClN4O3S. The Kier molecular flexibility index (Phi) is 5.64. The minimum absolute atomic E-state index is 0.0105. The molecule has 1 unspecified atom stereocenters. The number of hydrogen-bond donors (Lipinski definition) is 1. The van der Waals surface area contributed by atoms with Gasteiger partial charge in [-0.05, 0) is 42.9 Å². The third kappa shape index (κ3) is 4.05. The first kappa shape index (κ1) is 19.7. The number of halogens is 1. The Morgan fingerprint density at radius 1 is 1.32 bits per heavy atom. The van der Waals surface area contributed by atoms with Gasteiger partial charge in [0.2, 0.25) is 0 Å². The van der Waals surface area contributed by atoms with Gasteiger partial charge in [0, 0.05) is 56.3 Å². The number of aryl methyl sites for hydroxylation is 1. The fourth-order valence-corrected chi connectivity index (χ4v) is 5.83. The number of nitrogens with one attached hydrogen (secondary N) is 1. The topological polar surface area (TPSA) is 76.5 Å². The SMILES string of the molecule is Cn1cnc(S(=O)(=O)N2C[C@@H](Nc3cccc(Cl)c3)[C@H](C3CCCOC3)C2)c1. The Labute approximate surface area is 170 Å². The number of nitrogens with zero attached hydrogens (tertiary/aromatic N) is 3. The Morgan fingerprint density at radius 2 is 2.18 bits per heavy atom. The molecule has 2 aliphatic heterocycles. The van der Waals surface area contributed by atoms with Crippen molar-refractivity contribution in [3.8, 4) is 0 Å². The van der Waals surface area contributed by atoms with Crippen LogP contribution in [-0.4, -0.2) is 54.6 Å². The molecule has 2 saturated heterocycles. The molecule has 1 N–H and O–H groups in total. The maximum absolute atomic E-state index is 13.1. The largest absolute Gasteiger partial charge is 0.381 e. The Bertz CT molecular complexity index is 927. The van der Waals surface area contributed by atoms with E-state index in [0.717, 1.165) is 25.1 Å². The smallest absolute Gasteiger partial charge is 0.262 e. The van der Waals surface area contributed by atoms with E-state index < -0.39 is 10.0 Å². The maximum atomic E-state index is 13.1. The quantitative estimate of drug-likeness (QED) is 0.798. The van der Waals surface area contributed by atoms with Crippen LogP contribution in [0.15, 0.2) is 41.8 Å². The number of ether oxygens (including phenoxy) is 1. The zero-order valence-electron chi connectivity index (χ0n) is 15.8. The highest BCUT2D eigenvalue weighted by Gasteiger charge is 2.43. The van der Waals surface area contributed by atoms with Gasteiger partial charge in [-0.1, -0.05) is 17.7 Å². The highest BCUT2D eigenvalue weighted by Crippen LogP contribution is 2.34. The summed E-state index contributed by atoms with van der Waals surface area (Å²) in [5.74, 6) is 0.493. The molecule has 28 heavy (non-hydrogen) atoms. The molecule has 9 heteroatoms. The average molecular weight is 425 g/mol. The highest BCUT2D eigenvalue weighted by atomic mass is 35.5. The zero-order valence-corrected chi connectivity index (χ0v) is 17.4. The van der Waals surface area contributed by atoms with Crippen LogP contribution in [0.2, 0.25) is 5.02 Å². The van der Waals surface area contributed by atoms with Crippen LogP contribution in [0.1, 0.15) is 12.8 Å². The van der Waals surface area contributed by atoms with E-state index in [2.05, 4.69) is 10.3 Å². The van der Waals surface area contributed by atoms with Crippen LogP contribution < -0.4 is 5.32 Å². The van der Waals surface area contributed by atoms with Gasteiger partial charge < -0.3 is 14.6 Å². The van der Waals surface area contributed by atoms with Crippen molar-refractivity contribution in [3.05, 3.63) is 41.8 Å². The average Bonchev–Trinajstić information content (AvgIpc) is 3.30. The standard InChI is InChI=1S/C19H25ClN4O3S/c1-23-11-19(21-13-23)28(25,26)24-9-17(14-4-3-7-27-12-14)18(10-24)22-16-6-2-5-15(20)8-16/h2,5-6,8,11,13-14,17-18,22H,3-4,7,9-10,12H2,1H3/t14?,17-,18+/m0/s1. The summed E-state index contributed by atoms with van der Waals surface area (Å²) in [4.78, 5) is 4.06. The van der Waals surface area contributed by atoms with Crippen molar-refractivity contribution in [2.45, 2.75) is 23.9 Å². The number of rotatable bonds is 5. The van der Waals surface area contributed by atoms with Gasteiger partial charge in [0.15, 0.2) is 5.03 Å². The number of hydrogen-bond acceptors (Lipinski definition) is 5. The van der Waals surface area contributed by atoms with E-state index in [4.69, 9.17) is 16.3 Å². The number of benzene rings is 1. The van der Waals surface area contributed by atoms with Gasteiger partial charge in [0.1, 0.15) is 0 Å². The predicted octanol–water partition coefficient (Wildman–Crippen LogP) is 2.60. The summed E-state index contributed by atoms with van der Waals surface area (Å²) in [7, 11) is -1.86. The summed E-state index contributed by atoms with van der Waals surface area (Å²) in [6, 6.07) is 7.53. The van der Waals surface area contributed by atoms with Crippen LogP contribution in [0, 0.1) is 11.8 Å². The molecule has 1 aromatic heterocycles. The molecular weight excluding hydrogens is 400 g/mol. The molecule has 3 heterocycles. The Hall–Kier alpha value is -1.61. The van der Waals surface area contributed by atoms with E-state index in [1.165, 1.54) is 6.33 Å². The minimum Gasteiger partial charge on any atom is -0.381 e. The lowest BCUT2D eigenvalue weighted by molar-refractivity contribution is 0.0317. The molecule has 2 fully saturated rings. The molecule has 7 nitrogen and oxygen atoms in total. The van der Waals surface area contributed by atoms with Crippen molar-refractivity contribution >= 4 is 27.3 Å². The lowest BCUT2D eigenvalue weighted by Crippen LogP contribution is -2.36. The van der Waals surface area contributed by atoms with Gasteiger partial charge in [-0.15, -0.1) is 0 Å². The fraction of sp³-hybridized carbons (Fsp3) is 0.526. The van der Waals surface area contributed by atoms with Crippen molar-refractivity contribution < 1.29 is 13.2 Å². The first-order valence-corrected chi connectivity index (χ1v) is 11.3. The monoisotopic (exact) mass is 424 g/mol. The second kappa shape index (κ2) is 8.02. The van der Waals surface area contributed by atoms with Gasteiger partial charge >= 0.3 is 0 Å². The summed E-state index contributed by atoms with van der Waals surface area (Å²) < 4.78 is 35.1. The van der Waals surface area contributed by atoms with E-state index in [1.807, 2.05) is 24.3 Å². The van der Waals surface area contributed by atoms with Gasteiger partial charge in [-0.25, -0.2) is 13.4 Å². The molecule has 0 amide bonds. The predicted molar refractivity (Wildman–Crippen MR) is 108 cm³/mol. The molecule has 3 atom stereocenters. The minimum atomic E-state index is -3.63. The summed E-state index contributed by atoms with van der Waals surface area (Å²) in [5, 5.41) is 4.26. The summed E-state index contributed by atoms with van der Waals surface area (Å²) in [6.07, 6.45) is 5.12. The van der Waals surface area contributed by atoms with Gasteiger partial charge in [-0.2, -0.15) is 4.31 Å². The van der Waals surface area contributed by atoms with Crippen molar-refractivity contribution in [2.24, 2.45) is 18.9 Å². The van der Waals surface area contributed by atoms with Crippen molar-refractivity contribution in [2.75, 3.05) is 31.6 Å². The Balaban J connectivity index is 1.59. The molecule has 0 bridgehead atoms. The molecule has 2 aliphatic rings. The van der Waals surface area contributed by atoms with Crippen molar-refractivity contribution in [1.29, 1.82) is 0 Å². The number of imidazole rings is 1. The molecule has 4 rings (SSSR count). The molecule has 0 radical (unpaired) electrons. The van der Waals surface area contributed by atoms with E-state index in [0.29, 0.717) is 30.6 Å². The van der Waals surface area contributed by atoms with Crippen molar-refractivity contribution in [1.82, 2.24) is 13.9 Å². The first-order valence-electron chi connectivity index (χ1n) is 9.51. The van der Waals surface area contributed by atoms with E-state index >= 15 is 0 Å². The first-order chi connectivity index (χ1) is 13.4. The molecule has 2 aromatic rings. The normalized spacial score (nSPS) is 26.4. The van der Waals surface area contributed by atoms with Gasteiger partial charge in [0.25, 0.3) is 10.0 Å². The van der Waals surface area contributed by atoms with Crippen LogP contribution in [0.5, 0.6) is 0 Å². The second-order valence-electron chi connectivity index (χ2n) is 7.60. The molecule has 1 aromatic carbocycles. The third-order valence-electron chi connectivity index (χ3n) is 5.59. The van der Waals surface area contributed by atoms with Gasteiger partial charge in [0.05, 0.1) is 6.33 Å². The molecule has 0 saturated carbocycles. The van der Waals surface area contributed by atoms with Crippen molar-refractivity contribution in [3.63, 3.8) is 0 Å². The summed E-state index contributed by atoms with van der Waals surface area (Å²) in [6.45, 7) is 2.32. The Morgan fingerprint density at radius 3 is 2.86 bits per heavy atom. The van der Waals surface area contributed by atoms with E-state index in [9.17, 15) is 8.42 Å². The summed E-state index contributed by atoms with van der Waals surface area (Å²) >= 11 is 6.12. The third-order valence-corrected chi connectivity index (χ3v) is 7.55. The lowest BCUT2D eigenvalue weighted by Gasteiger charge is -2.31. The van der Waals surface area contributed by atoms with Crippen LogP contribution in [0.4, 0.5) is 5.69 Å². The van der Waals surface area contributed by atoms with Crippen LogP contribution in [0.3, 0.4) is 0 Å². The summed E-state index contributed by atoms with van der Waals surface area (Å²) in [5.41, 5.74) is 0.899. The van der Waals surface area contributed by atoms with E-state index in [-0.39, 0.29) is 17.0 Å². The zero-order chi connectivity index (χ0) is 19.7. The number of sulfonamides is 1. The highest BCUT2D eigenvalue weighted by molar-refractivity contribution is 7.89. The number of anilines is 1. The maximum Gasteiger partial charge on any atom is 0.262 e.